The van der Waals surface area contributed by atoms with Gasteiger partial charge in [-0.05, 0) is 139 Å². The van der Waals surface area contributed by atoms with E-state index in [4.69, 9.17) is 19.8 Å². The number of carbonyl (C=O) groups is 3. The largest absolute Gasteiger partial charge is 0.478 e. The van der Waals surface area contributed by atoms with Gasteiger partial charge in [-0.15, -0.1) is 0 Å². The van der Waals surface area contributed by atoms with E-state index in [-0.39, 0.29) is 27.2 Å². The van der Waals surface area contributed by atoms with E-state index in [0.29, 0.717) is 59.7 Å². The van der Waals surface area contributed by atoms with Crippen molar-refractivity contribution >= 4 is 33.3 Å². The molecule has 0 spiro atoms. The van der Waals surface area contributed by atoms with Crippen molar-refractivity contribution in [2.24, 2.45) is 51.2 Å². The van der Waals surface area contributed by atoms with Crippen LogP contribution in [0.3, 0.4) is 0 Å². The second kappa shape index (κ2) is 14.7. The predicted octanol–water partition coefficient (Wildman–Crippen LogP) is 7.26. The number of sulfone groups is 1. The molecule has 0 radical (unpaired) electrons. The molecule has 55 heavy (non-hydrogen) atoms. The van der Waals surface area contributed by atoms with Crippen molar-refractivity contribution in [1.82, 2.24) is 10.2 Å². The third-order valence-corrected chi connectivity index (χ3v) is 18.2. The summed E-state index contributed by atoms with van der Waals surface area (Å²) in [5.74, 6) is -0.813. The quantitative estimate of drug-likeness (QED) is 0.164. The fourth-order valence-electron chi connectivity index (χ4n) is 13.8. The van der Waals surface area contributed by atoms with Gasteiger partial charge in [0.05, 0.1) is 17.1 Å². The van der Waals surface area contributed by atoms with E-state index in [2.05, 4.69) is 64.4 Å². The average Bonchev–Trinajstić information content (AvgIpc) is 3.49. The van der Waals surface area contributed by atoms with Gasteiger partial charge in [-0.2, -0.15) is 0 Å². The van der Waals surface area contributed by atoms with Crippen LogP contribution in [0.4, 0.5) is 0 Å². The lowest BCUT2D eigenvalue weighted by Crippen LogP contribution is -2.68. The molecule has 5 aliphatic carbocycles. The Morgan fingerprint density at radius 1 is 0.836 bits per heavy atom. The highest BCUT2D eigenvalue weighted by molar-refractivity contribution is 7.91. The normalized spacial score (nSPS) is 38.7. The zero-order chi connectivity index (χ0) is 40.4. The van der Waals surface area contributed by atoms with Gasteiger partial charge in [0.15, 0.2) is 9.84 Å². The Kier molecular flexibility index (Phi) is 11.1. The third-order valence-electron chi connectivity index (χ3n) is 16.6. The van der Waals surface area contributed by atoms with E-state index in [1.165, 1.54) is 68.1 Å². The maximum Gasteiger partial charge on any atom is 0.414 e. The van der Waals surface area contributed by atoms with Crippen molar-refractivity contribution in [3.63, 3.8) is 0 Å². The highest BCUT2D eigenvalue weighted by Gasteiger charge is 2.70. The van der Waals surface area contributed by atoms with Gasteiger partial charge in [0, 0.05) is 31.7 Å². The van der Waals surface area contributed by atoms with Crippen LogP contribution < -0.4 is 5.32 Å². The van der Waals surface area contributed by atoms with E-state index < -0.39 is 27.7 Å². The summed E-state index contributed by atoms with van der Waals surface area (Å²) in [7, 11) is -2.86. The smallest absolute Gasteiger partial charge is 0.414 e. The van der Waals surface area contributed by atoms with Gasteiger partial charge in [-0.3, -0.25) is 0 Å². The first-order chi connectivity index (χ1) is 25.6. The molecule has 0 amide bonds. The van der Waals surface area contributed by atoms with Gasteiger partial charge in [-0.1, -0.05) is 65.0 Å². The van der Waals surface area contributed by atoms with Gasteiger partial charge in [0.25, 0.3) is 0 Å². The fraction of sp³-hybridized carbons (Fsp3) is 0.705. The number of nitrogens with one attached hydrogen (secondary N) is 1. The maximum absolute atomic E-state index is 12.0. The van der Waals surface area contributed by atoms with E-state index in [1.54, 1.807) is 12.1 Å². The highest BCUT2D eigenvalue weighted by Crippen LogP contribution is 2.76. The van der Waals surface area contributed by atoms with Crippen LogP contribution in [-0.2, 0) is 19.4 Å². The number of carboxylic acids is 3. The van der Waals surface area contributed by atoms with Gasteiger partial charge < -0.3 is 25.5 Å². The minimum absolute atomic E-state index is 0.0114. The Bertz CT molecular complexity index is 1810. The molecule has 9 atom stereocenters. The summed E-state index contributed by atoms with van der Waals surface area (Å²) in [5, 5.41) is 28.5. The number of benzene rings is 1. The predicted molar refractivity (Wildman–Crippen MR) is 214 cm³/mol. The topological polar surface area (TPSA) is 161 Å². The summed E-state index contributed by atoms with van der Waals surface area (Å²) in [6.07, 6.45) is 13.7. The molecule has 0 aromatic heterocycles. The minimum Gasteiger partial charge on any atom is -0.478 e. The fourth-order valence-corrected chi connectivity index (χ4v) is 15.1. The van der Waals surface area contributed by atoms with Crippen molar-refractivity contribution in [2.45, 2.75) is 105 Å². The lowest BCUT2D eigenvalue weighted by Gasteiger charge is -2.72. The van der Waals surface area contributed by atoms with Crippen molar-refractivity contribution in [3.05, 3.63) is 53.6 Å². The van der Waals surface area contributed by atoms with Crippen molar-refractivity contribution in [3.8, 4) is 0 Å². The Hall–Kier alpha value is -3.02. The number of nitrogens with zero attached hydrogens (tertiary/aromatic N) is 1. The van der Waals surface area contributed by atoms with Gasteiger partial charge in [0.2, 0.25) is 0 Å². The van der Waals surface area contributed by atoms with E-state index in [1.807, 2.05) is 12.1 Å². The first kappa shape index (κ1) is 41.6. The molecule has 5 fully saturated rings. The van der Waals surface area contributed by atoms with Crippen molar-refractivity contribution < 1.29 is 38.1 Å². The molecule has 11 heteroatoms. The third kappa shape index (κ3) is 7.13. The van der Waals surface area contributed by atoms with Gasteiger partial charge >= 0.3 is 17.9 Å². The first-order valence-corrected chi connectivity index (χ1v) is 22.3. The molecule has 1 aliphatic heterocycles. The SMILES string of the molecule is C=C(C)[C@@H]1CC[C@]2(NCCN3CCS(=O)(=O)CC3)CC[C@]3(C)[C@H](CC[C@@H]4[C@@]5(C)CC=C(c6ccc(C(=O)O)cc6)C(C)(C)[C@@H]5CC[C@]43C)[C@@H]12.O=C(O)C(=O)O. The second-order valence-electron chi connectivity index (χ2n) is 19.3. The zero-order valence-corrected chi connectivity index (χ0v) is 34.6. The van der Waals surface area contributed by atoms with E-state index in [9.17, 15) is 18.3 Å². The summed E-state index contributed by atoms with van der Waals surface area (Å²) in [6, 6.07) is 7.58. The maximum atomic E-state index is 12.0. The monoisotopic (exact) mass is 780 g/mol. The van der Waals surface area contributed by atoms with Crippen LogP contribution in [-0.4, -0.2) is 89.8 Å². The number of aliphatic carboxylic acids is 2. The van der Waals surface area contributed by atoms with Crippen LogP contribution in [0.1, 0.15) is 115 Å². The van der Waals surface area contributed by atoms with Crippen molar-refractivity contribution in [1.29, 1.82) is 0 Å². The number of aromatic carboxylic acids is 1. The number of fused-ring (bicyclic) bond motifs is 7. The number of hydrogen-bond donors (Lipinski definition) is 4. The molecule has 10 nitrogen and oxygen atoms in total. The average molecular weight is 781 g/mol. The minimum atomic E-state index is -2.86. The lowest BCUT2D eigenvalue weighted by atomic mass is 9.33. The molecule has 1 aromatic carbocycles. The molecule has 1 saturated heterocycles. The van der Waals surface area contributed by atoms with Crippen LogP contribution in [0.2, 0.25) is 0 Å². The summed E-state index contributed by atoms with van der Waals surface area (Å²) in [4.78, 5) is 32.1. The second-order valence-corrected chi connectivity index (χ2v) is 21.6. The van der Waals surface area contributed by atoms with E-state index >= 15 is 0 Å². The molecular formula is C44H64N2O8S. The molecule has 7 rings (SSSR count). The Morgan fingerprint density at radius 3 is 2.05 bits per heavy atom. The summed E-state index contributed by atoms with van der Waals surface area (Å²) < 4.78 is 24.0. The molecule has 4 N–H and O–H groups in total. The summed E-state index contributed by atoms with van der Waals surface area (Å²) in [5.41, 5.74) is 5.23. The summed E-state index contributed by atoms with van der Waals surface area (Å²) in [6.45, 7) is 23.0. The zero-order valence-electron chi connectivity index (χ0n) is 33.8. The Morgan fingerprint density at radius 2 is 1.47 bits per heavy atom. The lowest BCUT2D eigenvalue weighted by molar-refractivity contribution is -0.219. The number of carboxylic acid groups (broad SMARTS) is 3. The molecule has 1 heterocycles. The van der Waals surface area contributed by atoms with Crippen LogP contribution in [0.5, 0.6) is 0 Å². The van der Waals surface area contributed by atoms with E-state index in [0.717, 1.165) is 19.5 Å². The molecule has 0 unspecified atom stereocenters. The van der Waals surface area contributed by atoms with Crippen LogP contribution >= 0.6 is 0 Å². The Labute approximate surface area is 328 Å². The molecule has 4 saturated carbocycles. The molecule has 1 aromatic rings. The van der Waals surface area contributed by atoms with Crippen LogP contribution in [0.25, 0.3) is 5.57 Å². The standard InChI is InChI=1S/C42H62N2O4S.C2H2O4/c1-28(2)31-14-19-42(43-22-23-44-24-26-49(47,48)27-25-44)21-20-40(6)33(36(31)42)12-13-35-39(5)17-15-32(29-8-10-30(11-9-29)37(45)46)38(3,4)34(39)16-18-41(35,40)7;3-1(4)2(5)6/h8-11,15,31,33-36,43H,1,12-14,16-27H2,2-7H3,(H,45,46);(H,3,4)(H,5,6)/t31-,33+,34-,35+,36+,39-,40+,41+,42-;/m0./s1. The number of hydrogen-bond acceptors (Lipinski definition) is 7. The van der Waals surface area contributed by atoms with Gasteiger partial charge in [0.1, 0.15) is 0 Å². The summed E-state index contributed by atoms with van der Waals surface area (Å²) >= 11 is 0. The highest BCUT2D eigenvalue weighted by atomic mass is 32.2. The number of allylic oxidation sites excluding steroid dienone is 3. The van der Waals surface area contributed by atoms with Crippen LogP contribution in [0.15, 0.2) is 42.5 Å². The molecule has 6 aliphatic rings. The first-order valence-electron chi connectivity index (χ1n) is 20.5. The Balaban J connectivity index is 0.000000794. The molecular weight excluding hydrogens is 717 g/mol. The number of rotatable bonds is 7. The van der Waals surface area contributed by atoms with Gasteiger partial charge in [-0.25, -0.2) is 22.8 Å². The molecule has 304 valence electrons. The molecule has 0 bridgehead atoms. The van der Waals surface area contributed by atoms with Crippen LogP contribution in [0, 0.1) is 51.2 Å². The van der Waals surface area contributed by atoms with Crippen molar-refractivity contribution in [2.75, 3.05) is 37.7 Å².